The summed E-state index contributed by atoms with van der Waals surface area (Å²) in [7, 11) is 0. The molecule has 0 fully saturated rings. The highest BCUT2D eigenvalue weighted by Gasteiger charge is 1.97. The zero-order valence-corrected chi connectivity index (χ0v) is 18.0. The van der Waals surface area contributed by atoms with Gasteiger partial charge in [0.2, 0.25) is 0 Å². The molecule has 0 heterocycles. The first-order valence-electron chi connectivity index (χ1n) is 11.0. The van der Waals surface area contributed by atoms with E-state index in [0.717, 1.165) is 19.1 Å². The SMILES string of the molecule is C=COC(C)=O.CCCCCCCCCCCCCCCCCCC(=O)O. The van der Waals surface area contributed by atoms with Crippen LogP contribution in [0.5, 0.6) is 0 Å². The number of carboxylic acids is 1. The van der Waals surface area contributed by atoms with Crippen molar-refractivity contribution >= 4 is 11.9 Å². The lowest BCUT2D eigenvalue weighted by molar-refractivity contribution is -0.137. The average molecular weight is 385 g/mol. The van der Waals surface area contributed by atoms with Crippen molar-refractivity contribution < 1.29 is 19.4 Å². The van der Waals surface area contributed by atoms with Gasteiger partial charge in [0.1, 0.15) is 0 Å². The Morgan fingerprint density at radius 2 is 1.07 bits per heavy atom. The van der Waals surface area contributed by atoms with E-state index in [4.69, 9.17) is 5.11 Å². The van der Waals surface area contributed by atoms with Gasteiger partial charge in [0.15, 0.2) is 0 Å². The minimum atomic E-state index is -0.652. The summed E-state index contributed by atoms with van der Waals surface area (Å²) < 4.78 is 4.17. The van der Waals surface area contributed by atoms with Crippen molar-refractivity contribution in [2.75, 3.05) is 0 Å². The van der Waals surface area contributed by atoms with Crippen LogP contribution in [-0.4, -0.2) is 17.0 Å². The van der Waals surface area contributed by atoms with Gasteiger partial charge in [0, 0.05) is 13.3 Å². The lowest BCUT2D eigenvalue weighted by Gasteiger charge is -2.03. The van der Waals surface area contributed by atoms with Crippen LogP contribution in [0, 0.1) is 0 Å². The summed E-state index contributed by atoms with van der Waals surface area (Å²) >= 11 is 0. The largest absolute Gasteiger partial charge is 0.481 e. The molecule has 0 aliphatic heterocycles. The number of hydrogen-bond acceptors (Lipinski definition) is 3. The molecule has 0 aliphatic rings. The summed E-state index contributed by atoms with van der Waals surface area (Å²) in [5.41, 5.74) is 0. The number of unbranched alkanes of at least 4 members (excludes halogenated alkanes) is 15. The first kappa shape index (κ1) is 27.9. The topological polar surface area (TPSA) is 63.6 Å². The van der Waals surface area contributed by atoms with Crippen molar-refractivity contribution in [2.24, 2.45) is 0 Å². The standard InChI is InChI=1S/C19H38O2.C4H6O2/c1-2-3-4-5-6-7-8-9-10-11-12-13-14-15-16-17-18-19(20)21;1-3-6-4(2)5/h2-18H2,1H3,(H,20,21);3H,1H2,2H3. The normalized spacial score (nSPS) is 10.0. The maximum absolute atomic E-state index is 10.3. The van der Waals surface area contributed by atoms with Gasteiger partial charge >= 0.3 is 11.9 Å². The number of hydrogen-bond donors (Lipinski definition) is 1. The maximum Gasteiger partial charge on any atom is 0.307 e. The molecule has 0 aromatic carbocycles. The molecular weight excluding hydrogens is 340 g/mol. The van der Waals surface area contributed by atoms with Gasteiger partial charge in [-0.25, -0.2) is 0 Å². The Hall–Kier alpha value is -1.32. The van der Waals surface area contributed by atoms with Crippen LogP contribution in [0.25, 0.3) is 0 Å². The second kappa shape index (κ2) is 24.7. The lowest BCUT2D eigenvalue weighted by atomic mass is 10.0. The predicted molar refractivity (Wildman–Crippen MR) is 114 cm³/mol. The summed E-state index contributed by atoms with van der Waals surface area (Å²) in [6, 6.07) is 0. The molecule has 0 radical (unpaired) electrons. The molecule has 1 N–H and O–H groups in total. The van der Waals surface area contributed by atoms with Crippen LogP contribution >= 0.6 is 0 Å². The maximum atomic E-state index is 10.3. The van der Waals surface area contributed by atoms with Crippen LogP contribution in [0.3, 0.4) is 0 Å². The molecule has 0 unspecified atom stereocenters. The molecule has 0 saturated carbocycles. The molecule has 0 spiro atoms. The van der Waals surface area contributed by atoms with Gasteiger partial charge in [-0.1, -0.05) is 110 Å². The van der Waals surface area contributed by atoms with E-state index >= 15 is 0 Å². The van der Waals surface area contributed by atoms with Gasteiger partial charge < -0.3 is 9.84 Å². The Kier molecular flexibility index (Phi) is 25.5. The number of carbonyl (C=O) groups is 2. The first-order valence-corrected chi connectivity index (χ1v) is 11.0. The first-order chi connectivity index (χ1) is 13.0. The number of carboxylic acid groups (broad SMARTS) is 1. The second-order valence-corrected chi connectivity index (χ2v) is 7.22. The average Bonchev–Trinajstić information content (AvgIpc) is 2.61. The molecular formula is C23H44O4. The van der Waals surface area contributed by atoms with Gasteiger partial charge in [-0.15, -0.1) is 0 Å². The molecule has 160 valence electrons. The van der Waals surface area contributed by atoms with Crippen LogP contribution in [-0.2, 0) is 14.3 Å². The van der Waals surface area contributed by atoms with Gasteiger partial charge in [-0.2, -0.15) is 0 Å². The fourth-order valence-electron chi connectivity index (χ4n) is 2.94. The van der Waals surface area contributed by atoms with Gasteiger partial charge in [0.25, 0.3) is 0 Å². The van der Waals surface area contributed by atoms with E-state index in [0.29, 0.717) is 6.42 Å². The molecule has 27 heavy (non-hydrogen) atoms. The van der Waals surface area contributed by atoms with Crippen LogP contribution in [0.1, 0.15) is 123 Å². The van der Waals surface area contributed by atoms with Gasteiger partial charge in [-0.05, 0) is 6.42 Å². The van der Waals surface area contributed by atoms with E-state index in [1.807, 2.05) is 0 Å². The van der Waals surface area contributed by atoms with Crippen molar-refractivity contribution in [3.63, 3.8) is 0 Å². The van der Waals surface area contributed by atoms with Crippen molar-refractivity contribution in [3.05, 3.63) is 12.8 Å². The molecule has 0 amide bonds. The molecule has 0 atom stereocenters. The Labute approximate surface area is 167 Å². The number of carbonyl (C=O) groups excluding carboxylic acids is 1. The van der Waals surface area contributed by atoms with Crippen molar-refractivity contribution in [1.82, 2.24) is 0 Å². The van der Waals surface area contributed by atoms with Crippen molar-refractivity contribution in [2.45, 2.75) is 123 Å². The minimum absolute atomic E-state index is 0.329. The number of rotatable bonds is 18. The zero-order chi connectivity index (χ0) is 20.6. The third-order valence-corrected chi connectivity index (χ3v) is 4.49. The lowest BCUT2D eigenvalue weighted by Crippen LogP contribution is -1.93. The smallest absolute Gasteiger partial charge is 0.307 e. The summed E-state index contributed by atoms with van der Waals surface area (Å²) in [5, 5.41) is 8.53. The molecule has 4 nitrogen and oxygen atoms in total. The molecule has 0 bridgehead atoms. The monoisotopic (exact) mass is 384 g/mol. The molecule has 0 aromatic rings. The van der Waals surface area contributed by atoms with E-state index in [1.165, 1.54) is 96.8 Å². The zero-order valence-electron chi connectivity index (χ0n) is 18.0. The molecule has 0 saturated heterocycles. The molecule has 0 aliphatic carbocycles. The molecule has 0 aromatic heterocycles. The molecule has 0 rings (SSSR count). The number of aliphatic carboxylic acids is 1. The van der Waals surface area contributed by atoms with Crippen LogP contribution in [0.15, 0.2) is 12.8 Å². The van der Waals surface area contributed by atoms with Crippen LogP contribution in [0.2, 0.25) is 0 Å². The van der Waals surface area contributed by atoms with E-state index in [-0.39, 0.29) is 5.97 Å². The highest BCUT2D eigenvalue weighted by molar-refractivity contribution is 5.66. The molecule has 4 heteroatoms. The van der Waals surface area contributed by atoms with E-state index in [9.17, 15) is 9.59 Å². The minimum Gasteiger partial charge on any atom is -0.481 e. The Bertz CT molecular complexity index is 339. The van der Waals surface area contributed by atoms with E-state index in [2.05, 4.69) is 18.2 Å². The van der Waals surface area contributed by atoms with Crippen molar-refractivity contribution in [3.8, 4) is 0 Å². The fraction of sp³-hybridized carbons (Fsp3) is 0.826. The highest BCUT2D eigenvalue weighted by atomic mass is 16.5. The van der Waals surface area contributed by atoms with Crippen LogP contribution < -0.4 is 0 Å². The summed E-state index contributed by atoms with van der Waals surface area (Å²) in [6.07, 6.45) is 22.8. The quantitative estimate of drug-likeness (QED) is 0.152. The number of esters is 1. The third kappa shape index (κ3) is 32.8. The number of ether oxygens (including phenoxy) is 1. The van der Waals surface area contributed by atoms with Gasteiger partial charge in [0.05, 0.1) is 6.26 Å². The summed E-state index contributed by atoms with van der Waals surface area (Å²) in [5.74, 6) is -0.981. The Morgan fingerprint density at radius 1 is 0.741 bits per heavy atom. The van der Waals surface area contributed by atoms with E-state index < -0.39 is 5.97 Å². The highest BCUT2D eigenvalue weighted by Crippen LogP contribution is 2.13. The van der Waals surface area contributed by atoms with Gasteiger partial charge in [-0.3, -0.25) is 9.59 Å². The predicted octanol–water partition coefficient (Wildman–Crippen LogP) is 7.42. The fourth-order valence-corrected chi connectivity index (χ4v) is 2.94. The summed E-state index contributed by atoms with van der Waals surface area (Å²) in [4.78, 5) is 20.1. The Balaban J connectivity index is 0. The van der Waals surface area contributed by atoms with Crippen LogP contribution in [0.4, 0.5) is 0 Å². The second-order valence-electron chi connectivity index (χ2n) is 7.22. The third-order valence-electron chi connectivity index (χ3n) is 4.49. The van der Waals surface area contributed by atoms with Crippen molar-refractivity contribution in [1.29, 1.82) is 0 Å². The Morgan fingerprint density at radius 3 is 1.30 bits per heavy atom. The van der Waals surface area contributed by atoms with E-state index in [1.54, 1.807) is 0 Å². The summed E-state index contributed by atoms with van der Waals surface area (Å²) in [6.45, 7) is 6.75.